The highest BCUT2D eigenvalue weighted by Gasteiger charge is 2.06. The van der Waals surface area contributed by atoms with E-state index < -0.39 is 0 Å². The van der Waals surface area contributed by atoms with Crippen LogP contribution in [0.15, 0.2) is 48.8 Å². The summed E-state index contributed by atoms with van der Waals surface area (Å²) in [6, 6.07) is 12.1. The molecule has 4 N–H and O–H groups in total. The number of nitrogens with zero attached hydrogens (tertiary/aromatic N) is 1. The van der Waals surface area contributed by atoms with E-state index in [0.717, 1.165) is 30.5 Å². The normalized spacial score (nSPS) is 12.3. The van der Waals surface area contributed by atoms with Gasteiger partial charge in [-0.3, -0.25) is 4.98 Å². The Hall–Kier alpha value is -1.87. The lowest BCUT2D eigenvalue weighted by Crippen LogP contribution is -2.10. The smallest absolute Gasteiger partial charge is 0.0377 e. The Kier molecular flexibility index (Phi) is 4.31. The van der Waals surface area contributed by atoms with E-state index in [2.05, 4.69) is 17.1 Å². The molecule has 0 aliphatic rings. The molecule has 1 unspecified atom stereocenters. The van der Waals surface area contributed by atoms with E-state index in [1.165, 1.54) is 5.56 Å². The summed E-state index contributed by atoms with van der Waals surface area (Å²) in [6.07, 6.45) is 6.46. The molecule has 94 valence electrons. The molecule has 0 amide bonds. The van der Waals surface area contributed by atoms with Gasteiger partial charge in [-0.25, -0.2) is 0 Å². The highest BCUT2D eigenvalue weighted by Crippen LogP contribution is 2.18. The summed E-state index contributed by atoms with van der Waals surface area (Å²) in [5, 5.41) is 0. The van der Waals surface area contributed by atoms with Crippen LogP contribution in [0.25, 0.3) is 0 Å². The van der Waals surface area contributed by atoms with Crippen LogP contribution >= 0.6 is 0 Å². The highest BCUT2D eigenvalue weighted by molar-refractivity contribution is 5.44. The number of benzene rings is 1. The molecule has 1 atom stereocenters. The highest BCUT2D eigenvalue weighted by atomic mass is 14.7. The van der Waals surface area contributed by atoms with Crippen LogP contribution in [-0.2, 0) is 6.42 Å². The number of anilines is 1. The Bertz CT molecular complexity index is 482. The average molecular weight is 241 g/mol. The largest absolute Gasteiger partial charge is 0.398 e. The lowest BCUT2D eigenvalue weighted by atomic mass is 10.00. The minimum atomic E-state index is 0.101. The number of nitrogens with two attached hydrogens (primary N) is 2. The number of hydrogen-bond donors (Lipinski definition) is 2. The number of rotatable bonds is 5. The number of aromatic nitrogens is 1. The maximum Gasteiger partial charge on any atom is 0.0377 e. The topological polar surface area (TPSA) is 64.9 Å². The van der Waals surface area contributed by atoms with Crippen molar-refractivity contribution in [2.24, 2.45) is 5.73 Å². The molecule has 3 heteroatoms. The minimum Gasteiger partial charge on any atom is -0.398 e. The van der Waals surface area contributed by atoms with Crippen molar-refractivity contribution in [2.45, 2.75) is 25.3 Å². The molecule has 0 radical (unpaired) electrons. The average Bonchev–Trinajstić information content (AvgIpc) is 2.42. The second-order valence-electron chi connectivity index (χ2n) is 4.48. The van der Waals surface area contributed by atoms with Gasteiger partial charge in [-0.05, 0) is 36.5 Å². The van der Waals surface area contributed by atoms with Crippen molar-refractivity contribution in [3.8, 4) is 0 Å². The van der Waals surface area contributed by atoms with Gasteiger partial charge >= 0.3 is 0 Å². The Morgan fingerprint density at radius 3 is 2.61 bits per heavy atom. The van der Waals surface area contributed by atoms with Gasteiger partial charge in [0.15, 0.2) is 0 Å². The molecule has 1 heterocycles. The molecule has 1 aromatic heterocycles. The predicted molar refractivity (Wildman–Crippen MR) is 75.0 cm³/mol. The molecular weight excluding hydrogens is 222 g/mol. The van der Waals surface area contributed by atoms with Gasteiger partial charge in [0.1, 0.15) is 0 Å². The van der Waals surface area contributed by atoms with Crippen LogP contribution in [0.4, 0.5) is 5.69 Å². The first-order chi connectivity index (χ1) is 8.77. The van der Waals surface area contributed by atoms with Crippen molar-refractivity contribution in [2.75, 3.05) is 5.73 Å². The fourth-order valence-electron chi connectivity index (χ4n) is 2.03. The van der Waals surface area contributed by atoms with Gasteiger partial charge < -0.3 is 11.5 Å². The van der Waals surface area contributed by atoms with E-state index in [9.17, 15) is 0 Å². The van der Waals surface area contributed by atoms with Crippen LogP contribution in [0.1, 0.15) is 30.0 Å². The van der Waals surface area contributed by atoms with Gasteiger partial charge in [0.25, 0.3) is 0 Å². The van der Waals surface area contributed by atoms with Gasteiger partial charge in [0, 0.05) is 24.1 Å². The predicted octanol–water partition coefficient (Wildman–Crippen LogP) is 2.69. The summed E-state index contributed by atoms with van der Waals surface area (Å²) >= 11 is 0. The van der Waals surface area contributed by atoms with E-state index in [1.54, 1.807) is 6.20 Å². The fraction of sp³-hybridized carbons (Fsp3) is 0.267. The van der Waals surface area contributed by atoms with Crippen LogP contribution in [0.3, 0.4) is 0 Å². The lowest BCUT2D eigenvalue weighted by Gasteiger charge is -2.12. The molecular formula is C15H19N3. The van der Waals surface area contributed by atoms with E-state index in [-0.39, 0.29) is 6.04 Å². The monoisotopic (exact) mass is 241 g/mol. The van der Waals surface area contributed by atoms with Crippen molar-refractivity contribution in [3.05, 3.63) is 59.9 Å². The summed E-state index contributed by atoms with van der Waals surface area (Å²) < 4.78 is 0. The van der Waals surface area contributed by atoms with E-state index in [1.807, 2.05) is 30.5 Å². The first-order valence-electron chi connectivity index (χ1n) is 6.26. The maximum atomic E-state index is 6.15. The van der Waals surface area contributed by atoms with Crippen molar-refractivity contribution < 1.29 is 0 Å². The van der Waals surface area contributed by atoms with Crippen LogP contribution in [0.2, 0.25) is 0 Å². The summed E-state index contributed by atoms with van der Waals surface area (Å²) in [5.41, 5.74) is 15.1. The summed E-state index contributed by atoms with van der Waals surface area (Å²) in [4.78, 5) is 4.09. The van der Waals surface area contributed by atoms with Gasteiger partial charge in [-0.1, -0.05) is 30.3 Å². The van der Waals surface area contributed by atoms with Crippen molar-refractivity contribution in [1.29, 1.82) is 0 Å². The number of pyridine rings is 1. The molecule has 3 nitrogen and oxygen atoms in total. The van der Waals surface area contributed by atoms with Crippen molar-refractivity contribution >= 4 is 5.69 Å². The van der Waals surface area contributed by atoms with Crippen molar-refractivity contribution in [3.63, 3.8) is 0 Å². The molecule has 1 aromatic carbocycles. The minimum absolute atomic E-state index is 0.101. The van der Waals surface area contributed by atoms with Gasteiger partial charge in [0.05, 0.1) is 0 Å². The van der Waals surface area contributed by atoms with E-state index in [4.69, 9.17) is 11.5 Å². The Balaban J connectivity index is 1.84. The molecule has 0 spiro atoms. The molecule has 0 fully saturated rings. The maximum absolute atomic E-state index is 6.15. The first-order valence-corrected chi connectivity index (χ1v) is 6.26. The molecule has 18 heavy (non-hydrogen) atoms. The number of aryl methyl sites for hydroxylation is 1. The standard InChI is InChI=1S/C15H19N3/c16-14(12-5-2-1-3-6-12)8-4-7-13-11-18-10-9-15(13)17/h1-3,5-6,9-11,14H,4,7-8,16H2,(H2,17,18). The molecule has 0 saturated heterocycles. The SMILES string of the molecule is Nc1ccncc1CCCC(N)c1ccccc1. The molecule has 0 bridgehead atoms. The molecule has 0 saturated carbocycles. The third kappa shape index (κ3) is 3.31. The van der Waals surface area contributed by atoms with Crippen LogP contribution in [0.5, 0.6) is 0 Å². The van der Waals surface area contributed by atoms with E-state index >= 15 is 0 Å². The van der Waals surface area contributed by atoms with Crippen LogP contribution in [0, 0.1) is 0 Å². The lowest BCUT2D eigenvalue weighted by molar-refractivity contribution is 0.611. The summed E-state index contributed by atoms with van der Waals surface area (Å²) in [5.74, 6) is 0. The van der Waals surface area contributed by atoms with Gasteiger partial charge in [0.2, 0.25) is 0 Å². The van der Waals surface area contributed by atoms with Crippen LogP contribution in [-0.4, -0.2) is 4.98 Å². The zero-order valence-corrected chi connectivity index (χ0v) is 10.4. The van der Waals surface area contributed by atoms with Gasteiger partial charge in [-0.15, -0.1) is 0 Å². The zero-order chi connectivity index (χ0) is 12.8. The third-order valence-electron chi connectivity index (χ3n) is 3.13. The third-order valence-corrected chi connectivity index (χ3v) is 3.13. The first kappa shape index (κ1) is 12.6. The van der Waals surface area contributed by atoms with Crippen LogP contribution < -0.4 is 11.5 Å². The van der Waals surface area contributed by atoms with Crippen molar-refractivity contribution in [1.82, 2.24) is 4.98 Å². The fourth-order valence-corrected chi connectivity index (χ4v) is 2.03. The molecule has 0 aliphatic heterocycles. The Morgan fingerprint density at radius 2 is 1.89 bits per heavy atom. The molecule has 2 aromatic rings. The summed E-state index contributed by atoms with van der Waals surface area (Å²) in [7, 11) is 0. The second-order valence-corrected chi connectivity index (χ2v) is 4.48. The Labute approximate surface area is 108 Å². The zero-order valence-electron chi connectivity index (χ0n) is 10.4. The molecule has 2 rings (SSSR count). The Morgan fingerprint density at radius 1 is 1.11 bits per heavy atom. The summed E-state index contributed by atoms with van der Waals surface area (Å²) in [6.45, 7) is 0. The van der Waals surface area contributed by atoms with Gasteiger partial charge in [-0.2, -0.15) is 0 Å². The number of hydrogen-bond acceptors (Lipinski definition) is 3. The quantitative estimate of drug-likeness (QED) is 0.845. The second kappa shape index (κ2) is 6.17. The van der Waals surface area contributed by atoms with E-state index in [0.29, 0.717) is 0 Å². The molecule has 0 aliphatic carbocycles. The number of nitrogen functional groups attached to an aromatic ring is 1.